The molecule has 5 nitrogen and oxygen atoms in total. The zero-order chi connectivity index (χ0) is 20.0. The molecule has 1 atom stereocenters. The summed E-state index contributed by atoms with van der Waals surface area (Å²) < 4.78 is 11.8. The maximum Gasteiger partial charge on any atom is 0.256 e. The van der Waals surface area contributed by atoms with Gasteiger partial charge < -0.3 is 14.8 Å². The van der Waals surface area contributed by atoms with Gasteiger partial charge in [-0.05, 0) is 88.2 Å². The van der Waals surface area contributed by atoms with Crippen molar-refractivity contribution in [3.8, 4) is 5.75 Å². The van der Waals surface area contributed by atoms with Gasteiger partial charge in [0.25, 0.3) is 5.91 Å². The standard InChI is InChI=1S/C23H36N2O3/c1-4-16-28-23(3,19-5-6-19)22(26)24-20-7-9-21(10-8-20)27-17-15-25-13-11-18(2)12-14-25/h7-10,18-19H,4-6,11-17H2,1-3H3,(H,24,26)/t23-/m0/s1. The van der Waals surface area contributed by atoms with Crippen LogP contribution in [0.2, 0.25) is 0 Å². The Bertz CT molecular complexity index is 621. The second-order valence-corrected chi connectivity index (χ2v) is 8.58. The SMILES string of the molecule is CCCO[C@](C)(C(=O)Nc1ccc(OCCN2CCC(C)CC2)cc1)C1CC1. The molecule has 1 saturated carbocycles. The van der Waals surface area contributed by atoms with Crippen LogP contribution >= 0.6 is 0 Å². The summed E-state index contributed by atoms with van der Waals surface area (Å²) in [7, 11) is 0. The lowest BCUT2D eigenvalue weighted by Gasteiger charge is -2.30. The van der Waals surface area contributed by atoms with E-state index in [1.54, 1.807) is 0 Å². The van der Waals surface area contributed by atoms with Crippen LogP contribution in [0.15, 0.2) is 24.3 Å². The lowest BCUT2D eigenvalue weighted by molar-refractivity contribution is -0.142. The van der Waals surface area contributed by atoms with Gasteiger partial charge in [-0.15, -0.1) is 0 Å². The van der Waals surface area contributed by atoms with E-state index in [1.165, 1.54) is 25.9 Å². The molecule has 1 aromatic rings. The minimum absolute atomic E-state index is 0.0450. The van der Waals surface area contributed by atoms with Gasteiger partial charge in [-0.1, -0.05) is 13.8 Å². The first-order chi connectivity index (χ1) is 13.5. The Morgan fingerprint density at radius 1 is 1.14 bits per heavy atom. The van der Waals surface area contributed by atoms with E-state index in [0.717, 1.165) is 43.2 Å². The highest BCUT2D eigenvalue weighted by molar-refractivity contribution is 5.97. The van der Waals surface area contributed by atoms with Gasteiger partial charge in [0.1, 0.15) is 18.0 Å². The normalized spacial score (nSPS) is 20.5. The first-order valence-electron chi connectivity index (χ1n) is 10.9. The fourth-order valence-electron chi connectivity index (χ4n) is 3.79. The highest BCUT2D eigenvalue weighted by Crippen LogP contribution is 2.42. The number of nitrogens with one attached hydrogen (secondary N) is 1. The summed E-state index contributed by atoms with van der Waals surface area (Å²) in [4.78, 5) is 15.3. The number of rotatable bonds is 10. The largest absolute Gasteiger partial charge is 0.492 e. The molecular formula is C23H36N2O3. The number of anilines is 1. The predicted octanol–water partition coefficient (Wildman–Crippen LogP) is 4.33. The summed E-state index contributed by atoms with van der Waals surface area (Å²) in [6, 6.07) is 7.66. The first kappa shape index (κ1) is 21.1. The third-order valence-electron chi connectivity index (χ3n) is 6.08. The van der Waals surface area contributed by atoms with Gasteiger partial charge in [-0.25, -0.2) is 0 Å². The van der Waals surface area contributed by atoms with E-state index in [9.17, 15) is 4.79 Å². The van der Waals surface area contributed by atoms with E-state index >= 15 is 0 Å². The first-order valence-corrected chi connectivity index (χ1v) is 10.9. The van der Waals surface area contributed by atoms with E-state index in [4.69, 9.17) is 9.47 Å². The predicted molar refractivity (Wildman–Crippen MR) is 113 cm³/mol. The van der Waals surface area contributed by atoms with Crippen LogP contribution in [0.1, 0.15) is 52.9 Å². The molecule has 1 amide bonds. The van der Waals surface area contributed by atoms with Crippen LogP contribution in [0, 0.1) is 11.8 Å². The Kier molecular flexibility index (Phi) is 7.36. The second kappa shape index (κ2) is 9.75. The summed E-state index contributed by atoms with van der Waals surface area (Å²) in [6.07, 6.45) is 5.62. The Labute approximate surface area is 169 Å². The Hall–Kier alpha value is -1.59. The Balaban J connectivity index is 1.45. The molecule has 1 aromatic carbocycles. The van der Waals surface area contributed by atoms with Crippen LogP contribution in [0.25, 0.3) is 0 Å². The molecule has 2 fully saturated rings. The van der Waals surface area contributed by atoms with Crippen molar-refractivity contribution in [1.29, 1.82) is 0 Å². The van der Waals surface area contributed by atoms with E-state index in [-0.39, 0.29) is 5.91 Å². The van der Waals surface area contributed by atoms with Crippen LogP contribution < -0.4 is 10.1 Å². The van der Waals surface area contributed by atoms with Gasteiger partial charge in [-0.3, -0.25) is 9.69 Å². The molecule has 1 saturated heterocycles. The van der Waals surface area contributed by atoms with E-state index in [0.29, 0.717) is 19.1 Å². The number of ether oxygens (including phenoxy) is 2. The molecule has 0 bridgehead atoms. The number of nitrogens with zero attached hydrogens (tertiary/aromatic N) is 1. The van der Waals surface area contributed by atoms with Crippen LogP contribution in [-0.4, -0.2) is 49.3 Å². The average molecular weight is 389 g/mol. The highest BCUT2D eigenvalue weighted by Gasteiger charge is 2.48. The van der Waals surface area contributed by atoms with Gasteiger partial charge in [0.2, 0.25) is 0 Å². The molecule has 28 heavy (non-hydrogen) atoms. The second-order valence-electron chi connectivity index (χ2n) is 8.58. The molecule has 0 radical (unpaired) electrons. The van der Waals surface area contributed by atoms with Gasteiger partial charge in [0.05, 0.1) is 0 Å². The lowest BCUT2D eigenvalue weighted by atomic mass is 9.98. The zero-order valence-corrected chi connectivity index (χ0v) is 17.7. The molecule has 0 unspecified atom stereocenters. The van der Waals surface area contributed by atoms with Gasteiger partial charge >= 0.3 is 0 Å². The number of piperidine rings is 1. The molecule has 3 rings (SSSR count). The van der Waals surface area contributed by atoms with Crippen LogP contribution in [0.4, 0.5) is 5.69 Å². The van der Waals surface area contributed by atoms with Crippen LogP contribution in [-0.2, 0) is 9.53 Å². The molecule has 0 aromatic heterocycles. The molecule has 5 heteroatoms. The van der Waals surface area contributed by atoms with E-state index in [2.05, 4.69) is 24.1 Å². The number of likely N-dealkylation sites (tertiary alicyclic amines) is 1. The Morgan fingerprint density at radius 2 is 1.82 bits per heavy atom. The van der Waals surface area contributed by atoms with Gasteiger partial charge in [-0.2, -0.15) is 0 Å². The monoisotopic (exact) mass is 388 g/mol. The van der Waals surface area contributed by atoms with Crippen molar-refractivity contribution >= 4 is 11.6 Å². The molecule has 2 aliphatic rings. The molecule has 1 N–H and O–H groups in total. The van der Waals surface area contributed by atoms with Crippen molar-refractivity contribution in [2.45, 2.75) is 58.5 Å². The minimum Gasteiger partial charge on any atom is -0.492 e. The lowest BCUT2D eigenvalue weighted by Crippen LogP contribution is -2.45. The summed E-state index contributed by atoms with van der Waals surface area (Å²) in [5, 5.41) is 3.02. The van der Waals surface area contributed by atoms with Crippen molar-refractivity contribution < 1.29 is 14.3 Å². The quantitative estimate of drug-likeness (QED) is 0.648. The molecule has 156 valence electrons. The maximum absolute atomic E-state index is 12.8. The molecule has 1 aliphatic carbocycles. The van der Waals surface area contributed by atoms with Crippen molar-refractivity contribution in [3.63, 3.8) is 0 Å². The van der Waals surface area contributed by atoms with Crippen molar-refractivity contribution in [1.82, 2.24) is 4.90 Å². The van der Waals surface area contributed by atoms with Gasteiger partial charge in [0, 0.05) is 18.8 Å². The fourth-order valence-corrected chi connectivity index (χ4v) is 3.79. The number of amides is 1. The van der Waals surface area contributed by atoms with Crippen molar-refractivity contribution in [2.24, 2.45) is 11.8 Å². The summed E-state index contributed by atoms with van der Waals surface area (Å²) >= 11 is 0. The maximum atomic E-state index is 12.8. The molecule has 0 spiro atoms. The fraction of sp³-hybridized carbons (Fsp3) is 0.696. The summed E-state index contributed by atoms with van der Waals surface area (Å²) in [5.74, 6) is 1.99. The minimum atomic E-state index is -0.725. The van der Waals surface area contributed by atoms with Crippen LogP contribution in [0.3, 0.4) is 0 Å². The number of hydrogen-bond acceptors (Lipinski definition) is 4. The average Bonchev–Trinajstić information content (AvgIpc) is 3.55. The number of hydrogen-bond donors (Lipinski definition) is 1. The van der Waals surface area contributed by atoms with Crippen LogP contribution in [0.5, 0.6) is 5.75 Å². The van der Waals surface area contributed by atoms with E-state index in [1.807, 2.05) is 31.2 Å². The third-order valence-corrected chi connectivity index (χ3v) is 6.08. The number of benzene rings is 1. The summed E-state index contributed by atoms with van der Waals surface area (Å²) in [6.45, 7) is 11.0. The van der Waals surface area contributed by atoms with Gasteiger partial charge in [0.15, 0.2) is 0 Å². The van der Waals surface area contributed by atoms with E-state index < -0.39 is 5.60 Å². The number of carbonyl (C=O) groups excluding carboxylic acids is 1. The summed E-state index contributed by atoms with van der Waals surface area (Å²) in [5.41, 5.74) is 0.0613. The molecular weight excluding hydrogens is 352 g/mol. The Morgan fingerprint density at radius 3 is 2.43 bits per heavy atom. The third kappa shape index (κ3) is 5.71. The van der Waals surface area contributed by atoms with Crippen molar-refractivity contribution in [3.05, 3.63) is 24.3 Å². The smallest absolute Gasteiger partial charge is 0.256 e. The highest BCUT2D eigenvalue weighted by atomic mass is 16.5. The molecule has 1 aliphatic heterocycles. The number of carbonyl (C=O) groups is 1. The zero-order valence-electron chi connectivity index (χ0n) is 17.7. The topological polar surface area (TPSA) is 50.8 Å². The van der Waals surface area contributed by atoms with Crippen molar-refractivity contribution in [2.75, 3.05) is 38.2 Å². The molecule has 1 heterocycles.